The number of ether oxygens (including phenoxy) is 2. The second kappa shape index (κ2) is 6.71. The molecule has 0 aromatic heterocycles. The van der Waals surface area contributed by atoms with Crippen LogP contribution in [0, 0.1) is 11.3 Å². The van der Waals surface area contributed by atoms with Gasteiger partial charge in [-0.3, -0.25) is 4.74 Å². The number of rotatable bonds is 4. The van der Waals surface area contributed by atoms with E-state index in [2.05, 4.69) is 10.8 Å². The molecule has 5 nitrogen and oxygen atoms in total. The van der Waals surface area contributed by atoms with Crippen LogP contribution >= 0.6 is 0 Å². The molecule has 0 fully saturated rings. The molecule has 2 aliphatic rings. The van der Waals surface area contributed by atoms with E-state index in [-0.39, 0.29) is 12.6 Å². The van der Waals surface area contributed by atoms with Crippen molar-refractivity contribution < 1.29 is 22.6 Å². The van der Waals surface area contributed by atoms with E-state index in [1.165, 1.54) is 0 Å². The van der Waals surface area contributed by atoms with Gasteiger partial charge in [-0.2, -0.15) is 5.26 Å². The highest BCUT2D eigenvalue weighted by molar-refractivity contribution is 5.43. The highest BCUT2D eigenvalue weighted by atomic mass is 19.4. The van der Waals surface area contributed by atoms with E-state index in [4.69, 9.17) is 10.00 Å². The molecule has 0 radical (unpaired) electrons. The largest absolute Gasteiger partial charge is 0.522 e. The molecule has 2 aliphatic heterocycles. The minimum Gasteiger partial charge on any atom is -0.491 e. The first-order valence-corrected chi connectivity index (χ1v) is 7.52. The molecule has 24 heavy (non-hydrogen) atoms. The van der Waals surface area contributed by atoms with Crippen molar-refractivity contribution in [1.29, 1.82) is 5.26 Å². The zero-order valence-electron chi connectivity index (χ0n) is 12.8. The molecule has 0 spiro atoms. The average molecular weight is 339 g/mol. The second-order valence-corrected chi connectivity index (χ2v) is 5.57. The molecule has 0 unspecified atom stereocenters. The first-order chi connectivity index (χ1) is 11.5. The van der Waals surface area contributed by atoms with Crippen molar-refractivity contribution in [3.05, 3.63) is 41.6 Å². The molecule has 3 rings (SSSR count). The Kier molecular flexibility index (Phi) is 4.64. The number of fused-ring (bicyclic) bond motifs is 1. The predicted octanol–water partition coefficient (Wildman–Crippen LogP) is 2.44. The maximum absolute atomic E-state index is 12.1. The third kappa shape index (κ3) is 3.80. The summed E-state index contributed by atoms with van der Waals surface area (Å²) in [4.78, 5) is 0. The summed E-state index contributed by atoms with van der Waals surface area (Å²) in [5.41, 5.74) is 1.49. The molecule has 0 saturated carbocycles. The maximum Gasteiger partial charge on any atom is 0.522 e. The van der Waals surface area contributed by atoms with Crippen molar-refractivity contribution in [2.75, 3.05) is 26.3 Å². The third-order valence-corrected chi connectivity index (χ3v) is 3.97. The fourth-order valence-corrected chi connectivity index (χ4v) is 2.91. The number of hydrogen-bond acceptors (Lipinski definition) is 5. The fourth-order valence-electron chi connectivity index (χ4n) is 2.91. The summed E-state index contributed by atoms with van der Waals surface area (Å²) >= 11 is 0. The summed E-state index contributed by atoms with van der Waals surface area (Å²) in [6, 6.07) is 7.33. The van der Waals surface area contributed by atoms with Gasteiger partial charge in [-0.25, -0.2) is 5.01 Å². The summed E-state index contributed by atoms with van der Waals surface area (Å²) in [6.45, 7) is 0.668. The monoisotopic (exact) mass is 339 g/mol. The van der Waals surface area contributed by atoms with Crippen LogP contribution < -0.4 is 4.74 Å². The number of hydrazine groups is 1. The molecule has 0 aliphatic carbocycles. The normalized spacial score (nSPS) is 20.6. The van der Waals surface area contributed by atoms with Crippen molar-refractivity contribution >= 4 is 0 Å². The molecule has 1 aromatic rings. The number of hydrogen-bond donors (Lipinski definition) is 0. The van der Waals surface area contributed by atoms with E-state index in [0.717, 1.165) is 11.3 Å². The molecule has 0 saturated heterocycles. The van der Waals surface area contributed by atoms with Crippen LogP contribution in [0.5, 0.6) is 5.75 Å². The standard InChI is InChI=1S/C16H16F3N3O2/c17-16(18,19)24-7-6-21-4-1-5-22(21)14-9-13-8-12(10-20)2-3-15(13)23-11-14/h1-3,5,8,14H,4,6-7,9,11H2/t14-/m1/s1. The van der Waals surface area contributed by atoms with E-state index in [1.807, 2.05) is 17.3 Å². The molecule has 0 amide bonds. The first kappa shape index (κ1) is 16.6. The Labute approximate surface area is 137 Å². The molecule has 2 heterocycles. The molecule has 128 valence electrons. The Morgan fingerprint density at radius 1 is 1.38 bits per heavy atom. The smallest absolute Gasteiger partial charge is 0.491 e. The molecular formula is C16H16F3N3O2. The molecule has 0 N–H and O–H groups in total. The first-order valence-electron chi connectivity index (χ1n) is 7.52. The van der Waals surface area contributed by atoms with Crippen molar-refractivity contribution in [1.82, 2.24) is 10.0 Å². The van der Waals surface area contributed by atoms with Gasteiger partial charge in [-0.05, 0) is 23.8 Å². The van der Waals surface area contributed by atoms with E-state index in [0.29, 0.717) is 25.1 Å². The number of benzene rings is 1. The predicted molar refractivity (Wildman–Crippen MR) is 78.7 cm³/mol. The highest BCUT2D eigenvalue weighted by Crippen LogP contribution is 2.29. The minimum absolute atomic E-state index is 0.0314. The lowest BCUT2D eigenvalue weighted by Gasteiger charge is -2.38. The molecule has 8 heteroatoms. The zero-order valence-corrected chi connectivity index (χ0v) is 12.8. The molecule has 1 aromatic carbocycles. The van der Waals surface area contributed by atoms with Crippen molar-refractivity contribution in [2.45, 2.75) is 18.8 Å². The van der Waals surface area contributed by atoms with Crippen LogP contribution in [0.3, 0.4) is 0 Å². The third-order valence-electron chi connectivity index (χ3n) is 3.97. The second-order valence-electron chi connectivity index (χ2n) is 5.57. The van der Waals surface area contributed by atoms with Crippen LogP contribution in [0.25, 0.3) is 0 Å². The van der Waals surface area contributed by atoms with E-state index in [9.17, 15) is 13.2 Å². The van der Waals surface area contributed by atoms with Gasteiger partial charge in [0, 0.05) is 25.7 Å². The summed E-state index contributed by atoms with van der Waals surface area (Å²) in [5, 5.41) is 12.7. The zero-order chi connectivity index (χ0) is 17.2. The van der Waals surface area contributed by atoms with Crippen LogP contribution in [0.2, 0.25) is 0 Å². The Hall–Kier alpha value is -2.24. The van der Waals surface area contributed by atoms with Gasteiger partial charge in [0.1, 0.15) is 12.4 Å². The van der Waals surface area contributed by atoms with E-state index in [1.54, 1.807) is 23.2 Å². The van der Waals surface area contributed by atoms with Gasteiger partial charge in [-0.15, -0.1) is 13.2 Å². The number of nitrogens with zero attached hydrogens (tertiary/aromatic N) is 3. The SMILES string of the molecule is N#Cc1ccc2c(c1)C[C@@H](N1C=CCN1CCOC(F)(F)F)CO2. The van der Waals surface area contributed by atoms with Crippen molar-refractivity contribution in [3.8, 4) is 11.8 Å². The highest BCUT2D eigenvalue weighted by Gasteiger charge is 2.32. The van der Waals surface area contributed by atoms with Crippen LogP contribution in [0.15, 0.2) is 30.5 Å². The number of nitriles is 1. The Morgan fingerprint density at radius 2 is 2.21 bits per heavy atom. The number of alkyl halides is 3. The summed E-state index contributed by atoms with van der Waals surface area (Å²) in [5.74, 6) is 0.750. The quantitative estimate of drug-likeness (QED) is 0.843. The Balaban J connectivity index is 1.63. The van der Waals surface area contributed by atoms with Gasteiger partial charge in [-0.1, -0.05) is 6.08 Å². The van der Waals surface area contributed by atoms with E-state index >= 15 is 0 Å². The molecular weight excluding hydrogens is 323 g/mol. The van der Waals surface area contributed by atoms with Gasteiger partial charge in [0.25, 0.3) is 0 Å². The maximum atomic E-state index is 12.1. The molecule has 0 bridgehead atoms. The number of halogens is 3. The van der Waals surface area contributed by atoms with Crippen LogP contribution in [0.1, 0.15) is 11.1 Å². The Morgan fingerprint density at radius 3 is 2.96 bits per heavy atom. The van der Waals surface area contributed by atoms with Gasteiger partial charge in [0.2, 0.25) is 0 Å². The van der Waals surface area contributed by atoms with Crippen LogP contribution in [-0.4, -0.2) is 48.7 Å². The Bertz CT molecular complexity index is 670. The van der Waals surface area contributed by atoms with Gasteiger partial charge in [0.05, 0.1) is 24.3 Å². The fraction of sp³-hybridized carbons (Fsp3) is 0.438. The van der Waals surface area contributed by atoms with Crippen molar-refractivity contribution in [2.24, 2.45) is 0 Å². The van der Waals surface area contributed by atoms with E-state index < -0.39 is 13.0 Å². The topological polar surface area (TPSA) is 48.7 Å². The lowest BCUT2D eigenvalue weighted by atomic mass is 10.0. The lowest BCUT2D eigenvalue weighted by molar-refractivity contribution is -0.326. The summed E-state index contributed by atoms with van der Waals surface area (Å²) in [7, 11) is 0. The van der Waals surface area contributed by atoms with Gasteiger partial charge in [0.15, 0.2) is 0 Å². The van der Waals surface area contributed by atoms with Crippen molar-refractivity contribution in [3.63, 3.8) is 0 Å². The average Bonchev–Trinajstić information content (AvgIpc) is 3.01. The minimum atomic E-state index is -4.61. The summed E-state index contributed by atoms with van der Waals surface area (Å²) < 4.78 is 45.9. The molecule has 1 atom stereocenters. The van der Waals surface area contributed by atoms with Gasteiger partial charge >= 0.3 is 6.36 Å². The van der Waals surface area contributed by atoms with Crippen LogP contribution in [0.4, 0.5) is 13.2 Å². The van der Waals surface area contributed by atoms with Crippen LogP contribution in [-0.2, 0) is 11.2 Å². The summed E-state index contributed by atoms with van der Waals surface area (Å²) in [6.07, 6.45) is -0.222. The van der Waals surface area contributed by atoms with Gasteiger partial charge < -0.3 is 9.75 Å². The lowest BCUT2D eigenvalue weighted by Crippen LogP contribution is -2.48.